The molecule has 8 nitrogen and oxygen atoms in total. The molecule has 242 valence electrons. The van der Waals surface area contributed by atoms with Crippen LogP contribution in [0.15, 0.2) is 60.8 Å². The van der Waals surface area contributed by atoms with Crippen LogP contribution in [0.25, 0.3) is 0 Å². The van der Waals surface area contributed by atoms with Crippen molar-refractivity contribution in [2.45, 2.75) is 76.7 Å². The maximum atomic E-state index is 13.4. The van der Waals surface area contributed by atoms with Gasteiger partial charge in [0.2, 0.25) is 0 Å². The normalized spacial score (nSPS) is 17.6. The molecular formula is C31H31F6N3O5. The Morgan fingerprint density at radius 1 is 0.956 bits per heavy atom. The van der Waals surface area contributed by atoms with E-state index in [2.05, 4.69) is 10.3 Å². The Morgan fingerprint density at radius 3 is 2.11 bits per heavy atom. The number of alkyl halides is 6. The lowest BCUT2D eigenvalue weighted by atomic mass is 9.90. The van der Waals surface area contributed by atoms with Crippen molar-refractivity contribution in [1.29, 1.82) is 0 Å². The Kier molecular flexibility index (Phi) is 9.11. The molecule has 1 fully saturated rings. The van der Waals surface area contributed by atoms with E-state index in [0.29, 0.717) is 35.6 Å². The number of benzene rings is 2. The van der Waals surface area contributed by atoms with E-state index in [4.69, 9.17) is 9.47 Å². The fourth-order valence-electron chi connectivity index (χ4n) is 4.89. The molecule has 0 radical (unpaired) electrons. The predicted molar refractivity (Wildman–Crippen MR) is 149 cm³/mol. The van der Waals surface area contributed by atoms with Crippen molar-refractivity contribution >= 4 is 11.9 Å². The van der Waals surface area contributed by atoms with Crippen LogP contribution in [0.5, 0.6) is 17.2 Å². The Hall–Kier alpha value is -4.33. The van der Waals surface area contributed by atoms with Gasteiger partial charge in [-0.2, -0.15) is 26.3 Å². The third-order valence-corrected chi connectivity index (χ3v) is 7.24. The molecule has 3 amide bonds. The third-order valence-electron chi connectivity index (χ3n) is 7.24. The van der Waals surface area contributed by atoms with E-state index in [9.17, 15) is 41.0 Å². The number of carbonyl (C=O) groups is 2. The minimum absolute atomic E-state index is 0.00780. The number of ether oxygens (including phenoxy) is 2. The minimum atomic E-state index is -6.02. The lowest BCUT2D eigenvalue weighted by Crippen LogP contribution is -2.53. The predicted octanol–water partition coefficient (Wildman–Crippen LogP) is 6.89. The summed E-state index contributed by atoms with van der Waals surface area (Å²) in [7, 11) is 0. The first kappa shape index (κ1) is 33.6. The highest BCUT2D eigenvalue weighted by atomic mass is 19.4. The summed E-state index contributed by atoms with van der Waals surface area (Å²) in [5.41, 5.74) is -6.91. The molecule has 3 aromatic rings. The second-order valence-corrected chi connectivity index (χ2v) is 11.0. The van der Waals surface area contributed by atoms with Crippen molar-refractivity contribution in [3.05, 3.63) is 83.2 Å². The van der Waals surface area contributed by atoms with Crippen LogP contribution in [0, 0.1) is 0 Å². The van der Waals surface area contributed by atoms with Crippen LogP contribution < -0.4 is 14.8 Å². The fraction of sp³-hybridized carbons (Fsp3) is 0.387. The number of hydrogen-bond acceptors (Lipinski definition) is 6. The number of halogens is 6. The van der Waals surface area contributed by atoms with Gasteiger partial charge in [-0.1, -0.05) is 31.5 Å². The lowest BCUT2D eigenvalue weighted by Gasteiger charge is -2.33. The Labute approximate surface area is 255 Å². The average molecular weight is 640 g/mol. The molecule has 0 bridgehead atoms. The molecule has 4 rings (SSSR count). The minimum Gasteiger partial charge on any atom is -0.491 e. The standard InChI is InChI=1S/C31H31F6N3O5/c1-5-6-19-15-21(29(43,30(32,33)34)31(35,36)37)9-14-25(19)45-24-13-10-22(38-16-24)17-40-26(41)28(4,39-27(40)42)20-7-11-23(12-8-20)44-18(2)3/h7-16,18,43H,5-6,17H2,1-4H3,(H,39,42). The number of rotatable bonds is 10. The van der Waals surface area contributed by atoms with Crippen LogP contribution in [0.3, 0.4) is 0 Å². The average Bonchev–Trinajstić information content (AvgIpc) is 3.17. The van der Waals surface area contributed by atoms with Crippen LogP contribution in [-0.2, 0) is 28.9 Å². The van der Waals surface area contributed by atoms with Gasteiger partial charge in [0.15, 0.2) is 0 Å². The molecule has 2 N–H and O–H groups in total. The van der Waals surface area contributed by atoms with Crippen LogP contribution in [-0.4, -0.2) is 45.4 Å². The van der Waals surface area contributed by atoms with Gasteiger partial charge in [0, 0.05) is 5.56 Å². The SMILES string of the molecule is CCCc1cc(C(O)(C(F)(F)F)C(F)(F)F)ccc1Oc1ccc(CN2C(=O)NC(C)(c3ccc(OC(C)C)cc3)C2=O)nc1. The Morgan fingerprint density at radius 2 is 1.58 bits per heavy atom. The smallest absolute Gasteiger partial charge is 0.430 e. The van der Waals surface area contributed by atoms with Gasteiger partial charge in [0.1, 0.15) is 22.8 Å². The maximum Gasteiger partial charge on any atom is 0.430 e. The van der Waals surface area contributed by atoms with Crippen molar-refractivity contribution < 1.29 is 50.5 Å². The summed E-state index contributed by atoms with van der Waals surface area (Å²) in [5, 5.41) is 12.5. The molecule has 0 saturated carbocycles. The first-order valence-electron chi connectivity index (χ1n) is 13.9. The summed E-state index contributed by atoms with van der Waals surface area (Å²) in [6.45, 7) is 6.83. The second kappa shape index (κ2) is 12.2. The number of nitrogens with zero attached hydrogens (tertiary/aromatic N) is 2. The van der Waals surface area contributed by atoms with Crippen molar-refractivity contribution in [3.63, 3.8) is 0 Å². The van der Waals surface area contributed by atoms with E-state index in [0.717, 1.165) is 11.0 Å². The van der Waals surface area contributed by atoms with E-state index < -0.39 is 41.0 Å². The van der Waals surface area contributed by atoms with Gasteiger partial charge >= 0.3 is 18.4 Å². The molecule has 0 aliphatic carbocycles. The molecule has 1 saturated heterocycles. The molecule has 1 aromatic heterocycles. The third kappa shape index (κ3) is 6.56. The quantitative estimate of drug-likeness (QED) is 0.185. The second-order valence-electron chi connectivity index (χ2n) is 11.0. The first-order valence-corrected chi connectivity index (χ1v) is 13.9. The van der Waals surface area contributed by atoms with Crippen molar-refractivity contribution in [3.8, 4) is 17.2 Å². The molecule has 2 heterocycles. The van der Waals surface area contributed by atoms with Gasteiger partial charge in [-0.3, -0.25) is 14.7 Å². The van der Waals surface area contributed by atoms with Crippen molar-refractivity contribution in [2.24, 2.45) is 0 Å². The van der Waals surface area contributed by atoms with Crippen LogP contribution >= 0.6 is 0 Å². The molecule has 1 aliphatic rings. The Balaban J connectivity index is 1.51. The summed E-state index contributed by atoms with van der Waals surface area (Å²) < 4.78 is 91.7. The van der Waals surface area contributed by atoms with E-state index in [-0.39, 0.29) is 36.1 Å². The van der Waals surface area contributed by atoms with E-state index in [1.54, 1.807) is 38.1 Å². The highest BCUT2D eigenvalue weighted by Gasteiger charge is 2.71. The number of pyridine rings is 1. The maximum absolute atomic E-state index is 13.4. The highest BCUT2D eigenvalue weighted by molar-refractivity contribution is 6.07. The molecule has 1 atom stereocenters. The molecule has 45 heavy (non-hydrogen) atoms. The number of aliphatic hydroxyl groups is 1. The summed E-state index contributed by atoms with van der Waals surface area (Å²) >= 11 is 0. The highest BCUT2D eigenvalue weighted by Crippen LogP contribution is 2.50. The summed E-state index contributed by atoms with van der Waals surface area (Å²) in [6.07, 6.45) is -10.4. The number of hydrogen-bond donors (Lipinski definition) is 2. The topological polar surface area (TPSA) is 101 Å². The zero-order chi connectivity index (χ0) is 33.4. The number of imide groups is 1. The van der Waals surface area contributed by atoms with Gasteiger partial charge in [0.25, 0.3) is 11.5 Å². The molecule has 0 spiro atoms. The summed E-state index contributed by atoms with van der Waals surface area (Å²) in [6, 6.07) is 11.1. The number of amides is 3. The monoisotopic (exact) mass is 639 g/mol. The number of nitrogens with one attached hydrogen (secondary N) is 1. The lowest BCUT2D eigenvalue weighted by molar-refractivity contribution is -0.376. The molecule has 14 heteroatoms. The first-order chi connectivity index (χ1) is 20.9. The van der Waals surface area contributed by atoms with E-state index in [1.807, 2.05) is 13.8 Å². The van der Waals surface area contributed by atoms with Crippen LogP contribution in [0.4, 0.5) is 31.1 Å². The van der Waals surface area contributed by atoms with Crippen LogP contribution in [0.2, 0.25) is 0 Å². The van der Waals surface area contributed by atoms with Crippen LogP contribution in [0.1, 0.15) is 56.5 Å². The zero-order valence-electron chi connectivity index (χ0n) is 24.7. The van der Waals surface area contributed by atoms with Gasteiger partial charge in [0.05, 0.1) is 24.5 Å². The number of urea groups is 1. The van der Waals surface area contributed by atoms with Gasteiger partial charge in [-0.05, 0) is 74.7 Å². The zero-order valence-corrected chi connectivity index (χ0v) is 24.7. The van der Waals surface area contributed by atoms with Crippen molar-refractivity contribution in [1.82, 2.24) is 15.2 Å². The number of aromatic nitrogens is 1. The fourth-order valence-corrected chi connectivity index (χ4v) is 4.89. The van der Waals surface area contributed by atoms with Gasteiger partial charge in [-0.25, -0.2) is 4.79 Å². The molecule has 1 aliphatic heterocycles. The number of aryl methyl sites for hydroxylation is 1. The number of carbonyl (C=O) groups excluding carboxylic acids is 2. The van der Waals surface area contributed by atoms with E-state index >= 15 is 0 Å². The molecule has 1 unspecified atom stereocenters. The van der Waals surface area contributed by atoms with E-state index in [1.165, 1.54) is 18.3 Å². The van der Waals surface area contributed by atoms with Gasteiger partial charge < -0.3 is 19.9 Å². The molecule has 2 aromatic carbocycles. The van der Waals surface area contributed by atoms with Crippen molar-refractivity contribution in [2.75, 3.05) is 0 Å². The summed E-state index contributed by atoms with van der Waals surface area (Å²) in [5.74, 6) is 0.168. The molecular weight excluding hydrogens is 608 g/mol. The van der Waals surface area contributed by atoms with Gasteiger partial charge in [-0.15, -0.1) is 0 Å². The Bertz CT molecular complexity index is 1530. The summed E-state index contributed by atoms with van der Waals surface area (Å²) in [4.78, 5) is 31.3. The largest absolute Gasteiger partial charge is 0.491 e.